The third-order valence-corrected chi connectivity index (χ3v) is 5.66. The van der Waals surface area contributed by atoms with E-state index in [4.69, 9.17) is 0 Å². The lowest BCUT2D eigenvalue weighted by atomic mass is 10.3. The van der Waals surface area contributed by atoms with Crippen LogP contribution in [0.5, 0.6) is 0 Å². The molecule has 0 fully saturated rings. The summed E-state index contributed by atoms with van der Waals surface area (Å²) in [5.41, 5.74) is 0.869. The van der Waals surface area contributed by atoms with Crippen molar-refractivity contribution in [2.75, 3.05) is 20.1 Å². The molecule has 24 heavy (non-hydrogen) atoms. The van der Waals surface area contributed by atoms with Gasteiger partial charge in [-0.05, 0) is 36.4 Å². The predicted molar refractivity (Wildman–Crippen MR) is 94.9 cm³/mol. The molecule has 1 amide bonds. The maximum atomic E-state index is 12.4. The van der Waals surface area contributed by atoms with Gasteiger partial charge in [0.25, 0.3) is 0 Å². The number of rotatable bonds is 7. The van der Waals surface area contributed by atoms with E-state index in [-0.39, 0.29) is 17.3 Å². The minimum atomic E-state index is -3.69. The van der Waals surface area contributed by atoms with E-state index in [1.54, 1.807) is 18.3 Å². The number of carbonyl (C=O) groups excluding carboxylic acids is 1. The van der Waals surface area contributed by atoms with Crippen LogP contribution in [0.2, 0.25) is 0 Å². The van der Waals surface area contributed by atoms with Crippen molar-refractivity contribution < 1.29 is 13.2 Å². The molecular formula is C16H18BrN3O3S. The van der Waals surface area contributed by atoms with E-state index in [0.717, 1.165) is 14.5 Å². The first-order valence-corrected chi connectivity index (χ1v) is 9.51. The summed E-state index contributed by atoms with van der Waals surface area (Å²) in [5.74, 6) is -0.353. The molecule has 6 nitrogen and oxygen atoms in total. The van der Waals surface area contributed by atoms with Gasteiger partial charge in [0.2, 0.25) is 15.9 Å². The molecule has 0 unspecified atom stereocenters. The Hall–Kier alpha value is -1.77. The summed E-state index contributed by atoms with van der Waals surface area (Å²) in [6.45, 7) is 0.169. The zero-order valence-corrected chi connectivity index (χ0v) is 15.5. The van der Waals surface area contributed by atoms with Crippen LogP contribution in [0.4, 0.5) is 0 Å². The van der Waals surface area contributed by atoms with E-state index in [1.165, 1.54) is 19.2 Å². The highest BCUT2D eigenvalue weighted by Gasteiger charge is 2.22. The number of likely N-dealkylation sites (N-methyl/N-ethyl adjacent to an activating group) is 1. The van der Waals surface area contributed by atoms with Crippen molar-refractivity contribution in [3.8, 4) is 0 Å². The Kier molecular flexibility index (Phi) is 6.47. The van der Waals surface area contributed by atoms with E-state index in [1.807, 2.05) is 18.2 Å². The van der Waals surface area contributed by atoms with Gasteiger partial charge in [-0.25, -0.2) is 8.42 Å². The normalized spacial score (nSPS) is 11.5. The highest BCUT2D eigenvalue weighted by molar-refractivity contribution is 9.10. The fraction of sp³-hybridized carbons (Fsp3) is 0.250. The van der Waals surface area contributed by atoms with Gasteiger partial charge in [0.15, 0.2) is 0 Å². The lowest BCUT2D eigenvalue weighted by molar-refractivity contribution is -0.121. The van der Waals surface area contributed by atoms with E-state index in [9.17, 15) is 13.2 Å². The number of nitrogens with one attached hydrogen (secondary N) is 1. The van der Waals surface area contributed by atoms with Crippen molar-refractivity contribution in [1.29, 1.82) is 0 Å². The molecule has 0 aliphatic carbocycles. The molecule has 8 heteroatoms. The standard InChI is InChI=1S/C16H18BrN3O3S/c1-20(24(22,23)15-7-5-13(17)6-8-15)12-16(21)19-11-9-14-4-2-3-10-18-14/h2-8,10H,9,11-12H2,1H3,(H,19,21). The molecule has 0 spiro atoms. The largest absolute Gasteiger partial charge is 0.355 e. The number of aromatic nitrogens is 1. The second-order valence-electron chi connectivity index (χ2n) is 5.14. The predicted octanol–water partition coefficient (Wildman–Crippen LogP) is 1.82. The van der Waals surface area contributed by atoms with Gasteiger partial charge in [0.1, 0.15) is 0 Å². The summed E-state index contributed by atoms with van der Waals surface area (Å²) in [7, 11) is -2.30. The molecule has 1 heterocycles. The Morgan fingerprint density at radius 1 is 1.21 bits per heavy atom. The smallest absolute Gasteiger partial charge is 0.243 e. The van der Waals surface area contributed by atoms with Crippen LogP contribution in [-0.2, 0) is 21.2 Å². The van der Waals surface area contributed by atoms with Gasteiger partial charge in [-0.15, -0.1) is 0 Å². The number of benzene rings is 1. The average molecular weight is 412 g/mol. The van der Waals surface area contributed by atoms with Crippen molar-refractivity contribution in [2.45, 2.75) is 11.3 Å². The molecule has 1 aromatic heterocycles. The topological polar surface area (TPSA) is 79.4 Å². The minimum Gasteiger partial charge on any atom is -0.355 e. The Bertz CT molecular complexity index is 780. The number of amides is 1. The van der Waals surface area contributed by atoms with Crippen LogP contribution in [0.1, 0.15) is 5.69 Å². The maximum absolute atomic E-state index is 12.4. The molecular weight excluding hydrogens is 394 g/mol. The van der Waals surface area contributed by atoms with Crippen LogP contribution in [0, 0.1) is 0 Å². The molecule has 0 aliphatic heterocycles. The molecule has 2 aromatic rings. The summed E-state index contributed by atoms with van der Waals surface area (Å²) in [4.78, 5) is 16.2. The first kappa shape index (κ1) is 18.6. The summed E-state index contributed by atoms with van der Waals surface area (Å²) in [6.07, 6.45) is 2.28. The Balaban J connectivity index is 1.87. The fourth-order valence-electron chi connectivity index (χ4n) is 2.01. The lowest BCUT2D eigenvalue weighted by Gasteiger charge is -2.17. The highest BCUT2D eigenvalue weighted by Crippen LogP contribution is 2.17. The van der Waals surface area contributed by atoms with Crippen molar-refractivity contribution >= 4 is 31.9 Å². The molecule has 0 saturated heterocycles. The van der Waals surface area contributed by atoms with Crippen LogP contribution in [0.25, 0.3) is 0 Å². The number of pyridine rings is 1. The van der Waals surface area contributed by atoms with Gasteiger partial charge in [-0.3, -0.25) is 9.78 Å². The van der Waals surface area contributed by atoms with Crippen LogP contribution in [0.15, 0.2) is 58.0 Å². The maximum Gasteiger partial charge on any atom is 0.243 e. The molecule has 0 bridgehead atoms. The number of halogens is 1. The van der Waals surface area contributed by atoms with Gasteiger partial charge in [-0.2, -0.15) is 4.31 Å². The summed E-state index contributed by atoms with van der Waals surface area (Å²) in [5, 5.41) is 2.70. The van der Waals surface area contributed by atoms with Gasteiger partial charge >= 0.3 is 0 Å². The van der Waals surface area contributed by atoms with Gasteiger partial charge in [-0.1, -0.05) is 22.0 Å². The van der Waals surface area contributed by atoms with Gasteiger partial charge in [0.05, 0.1) is 11.4 Å². The lowest BCUT2D eigenvalue weighted by Crippen LogP contribution is -2.39. The second-order valence-corrected chi connectivity index (χ2v) is 8.10. The van der Waals surface area contributed by atoms with Crippen molar-refractivity contribution in [3.63, 3.8) is 0 Å². The zero-order chi connectivity index (χ0) is 17.6. The van der Waals surface area contributed by atoms with Crippen LogP contribution >= 0.6 is 15.9 Å². The SMILES string of the molecule is CN(CC(=O)NCCc1ccccn1)S(=O)(=O)c1ccc(Br)cc1. The number of sulfonamides is 1. The van der Waals surface area contributed by atoms with Gasteiger partial charge < -0.3 is 5.32 Å². The molecule has 128 valence electrons. The number of nitrogens with zero attached hydrogens (tertiary/aromatic N) is 2. The number of hydrogen-bond donors (Lipinski definition) is 1. The molecule has 0 aliphatic rings. The molecule has 1 aromatic carbocycles. The fourth-order valence-corrected chi connectivity index (χ4v) is 3.40. The van der Waals surface area contributed by atoms with E-state index >= 15 is 0 Å². The van der Waals surface area contributed by atoms with Crippen molar-refractivity contribution in [2.24, 2.45) is 0 Å². The Labute approximate surface area is 150 Å². The highest BCUT2D eigenvalue weighted by atomic mass is 79.9. The molecule has 2 rings (SSSR count). The van der Waals surface area contributed by atoms with Crippen molar-refractivity contribution in [1.82, 2.24) is 14.6 Å². The first-order valence-electron chi connectivity index (χ1n) is 7.28. The Morgan fingerprint density at radius 2 is 1.92 bits per heavy atom. The zero-order valence-electron chi connectivity index (χ0n) is 13.1. The second kappa shape index (κ2) is 8.36. The quantitative estimate of drug-likeness (QED) is 0.753. The van der Waals surface area contributed by atoms with E-state index < -0.39 is 10.0 Å². The third-order valence-electron chi connectivity index (χ3n) is 3.32. The minimum absolute atomic E-state index is 0.148. The molecule has 0 saturated carbocycles. The number of carbonyl (C=O) groups is 1. The summed E-state index contributed by atoms with van der Waals surface area (Å²) in [6, 6.07) is 11.9. The average Bonchev–Trinajstić information content (AvgIpc) is 2.56. The summed E-state index contributed by atoms with van der Waals surface area (Å²) < 4.78 is 26.6. The van der Waals surface area contributed by atoms with Crippen LogP contribution in [-0.4, -0.2) is 43.8 Å². The first-order chi connectivity index (χ1) is 11.4. The van der Waals surface area contributed by atoms with E-state index in [2.05, 4.69) is 26.2 Å². The van der Waals surface area contributed by atoms with Gasteiger partial charge in [0, 0.05) is 36.4 Å². The Morgan fingerprint density at radius 3 is 2.54 bits per heavy atom. The third kappa shape index (κ3) is 5.12. The number of hydrogen-bond acceptors (Lipinski definition) is 4. The van der Waals surface area contributed by atoms with Crippen LogP contribution in [0.3, 0.4) is 0 Å². The van der Waals surface area contributed by atoms with Crippen molar-refractivity contribution in [3.05, 3.63) is 58.8 Å². The monoisotopic (exact) mass is 411 g/mol. The van der Waals surface area contributed by atoms with Crippen LogP contribution < -0.4 is 5.32 Å². The molecule has 0 radical (unpaired) electrons. The van der Waals surface area contributed by atoms with E-state index in [0.29, 0.717) is 13.0 Å². The molecule has 0 atom stereocenters. The summed E-state index contributed by atoms with van der Waals surface area (Å²) >= 11 is 3.26. The molecule has 1 N–H and O–H groups in total.